The Labute approximate surface area is 177 Å². The first-order chi connectivity index (χ1) is 14.2. The summed E-state index contributed by atoms with van der Waals surface area (Å²) < 4.78 is 7.60. The van der Waals surface area contributed by atoms with Crippen LogP contribution in [0, 0.1) is 6.92 Å². The van der Waals surface area contributed by atoms with Gasteiger partial charge in [0.1, 0.15) is 23.6 Å². The van der Waals surface area contributed by atoms with Gasteiger partial charge in [-0.25, -0.2) is 9.67 Å². The van der Waals surface area contributed by atoms with Crippen molar-refractivity contribution < 1.29 is 4.74 Å². The zero-order chi connectivity index (χ0) is 21.5. The summed E-state index contributed by atoms with van der Waals surface area (Å²) in [7, 11) is 0. The van der Waals surface area contributed by atoms with Crippen molar-refractivity contribution in [2.75, 3.05) is 37.7 Å². The van der Waals surface area contributed by atoms with Crippen molar-refractivity contribution in [3.05, 3.63) is 42.5 Å². The van der Waals surface area contributed by atoms with Gasteiger partial charge in [-0.3, -0.25) is 0 Å². The third kappa shape index (κ3) is 8.28. The van der Waals surface area contributed by atoms with Crippen molar-refractivity contribution in [1.82, 2.24) is 20.1 Å². The van der Waals surface area contributed by atoms with Crippen LogP contribution >= 0.6 is 0 Å². The van der Waals surface area contributed by atoms with Crippen LogP contribution in [0.15, 0.2) is 36.7 Å². The van der Waals surface area contributed by atoms with Gasteiger partial charge < -0.3 is 15.0 Å². The lowest BCUT2D eigenvalue weighted by atomic mass is 10.2. The topological polar surface area (TPSA) is 55.2 Å². The van der Waals surface area contributed by atoms with Crippen LogP contribution in [0.2, 0.25) is 0 Å². The number of allylic oxidation sites excluding steroid dienone is 2. The second kappa shape index (κ2) is 14.6. The van der Waals surface area contributed by atoms with Crippen molar-refractivity contribution in [3.63, 3.8) is 0 Å². The lowest BCUT2D eigenvalue weighted by molar-refractivity contribution is 0.338. The van der Waals surface area contributed by atoms with Crippen LogP contribution in [-0.2, 0) is 0 Å². The highest BCUT2D eigenvalue weighted by atomic mass is 16.5. The predicted molar refractivity (Wildman–Crippen MR) is 123 cm³/mol. The van der Waals surface area contributed by atoms with Gasteiger partial charge in [0.15, 0.2) is 0 Å². The molecule has 1 aromatic carbocycles. The molecule has 0 spiro atoms. The zero-order valence-electron chi connectivity index (χ0n) is 19.1. The van der Waals surface area contributed by atoms with E-state index in [1.165, 1.54) is 5.69 Å². The fourth-order valence-corrected chi connectivity index (χ4v) is 2.96. The second-order valence-electron chi connectivity index (χ2n) is 6.39. The van der Waals surface area contributed by atoms with Crippen molar-refractivity contribution in [3.8, 4) is 11.4 Å². The van der Waals surface area contributed by atoms with Crippen molar-refractivity contribution in [2.45, 2.75) is 54.4 Å². The molecule has 1 N–H and O–H groups in total. The molecule has 0 amide bonds. The quantitative estimate of drug-likeness (QED) is 0.731. The number of benzene rings is 1. The third-order valence-electron chi connectivity index (χ3n) is 4.27. The molecule has 162 valence electrons. The molecule has 1 aromatic heterocycles. The Kier molecular flexibility index (Phi) is 12.5. The monoisotopic (exact) mass is 401 g/mol. The summed E-state index contributed by atoms with van der Waals surface area (Å²) in [5.41, 5.74) is 2.13. The Morgan fingerprint density at radius 2 is 1.97 bits per heavy atom. The highest BCUT2D eigenvalue weighted by Crippen LogP contribution is 2.28. The number of hydrogen-bond acceptors (Lipinski definition) is 5. The van der Waals surface area contributed by atoms with E-state index in [-0.39, 0.29) is 0 Å². The van der Waals surface area contributed by atoms with Gasteiger partial charge in [-0.05, 0) is 52.3 Å². The maximum absolute atomic E-state index is 5.83. The Morgan fingerprint density at radius 1 is 1.17 bits per heavy atom. The van der Waals surface area contributed by atoms with E-state index in [0.29, 0.717) is 6.61 Å². The Morgan fingerprint density at radius 3 is 2.55 bits per heavy atom. The van der Waals surface area contributed by atoms with Gasteiger partial charge in [-0.15, -0.1) is 0 Å². The molecule has 29 heavy (non-hydrogen) atoms. The van der Waals surface area contributed by atoms with Gasteiger partial charge in [-0.1, -0.05) is 32.9 Å². The van der Waals surface area contributed by atoms with E-state index in [1.807, 2.05) is 34.6 Å². The van der Waals surface area contributed by atoms with Crippen molar-refractivity contribution in [2.24, 2.45) is 0 Å². The molecule has 0 aliphatic carbocycles. The summed E-state index contributed by atoms with van der Waals surface area (Å²) in [4.78, 5) is 6.60. The number of hydrogen-bond donors (Lipinski definition) is 1. The molecule has 2 aromatic rings. The van der Waals surface area contributed by atoms with E-state index in [0.717, 1.165) is 56.3 Å². The van der Waals surface area contributed by atoms with E-state index in [2.05, 4.69) is 57.6 Å². The molecule has 1 fully saturated rings. The fourth-order valence-electron chi connectivity index (χ4n) is 2.96. The summed E-state index contributed by atoms with van der Waals surface area (Å²) in [6, 6.07) is 6.31. The van der Waals surface area contributed by atoms with Gasteiger partial charge in [0, 0.05) is 31.4 Å². The Balaban J connectivity index is 0.000000527. The van der Waals surface area contributed by atoms with Gasteiger partial charge in [0.25, 0.3) is 0 Å². The minimum Gasteiger partial charge on any atom is -0.492 e. The third-order valence-corrected chi connectivity index (χ3v) is 4.27. The minimum atomic E-state index is 0.631. The van der Waals surface area contributed by atoms with Crippen molar-refractivity contribution >= 4 is 5.69 Å². The predicted octanol–water partition coefficient (Wildman–Crippen LogP) is 4.77. The summed E-state index contributed by atoms with van der Waals surface area (Å²) in [5, 5.41) is 7.81. The van der Waals surface area contributed by atoms with Crippen LogP contribution in [0.4, 0.5) is 5.69 Å². The molecular weight excluding hydrogens is 362 g/mol. The number of anilines is 1. The smallest absolute Gasteiger partial charge is 0.147 e. The van der Waals surface area contributed by atoms with E-state index in [9.17, 15) is 0 Å². The van der Waals surface area contributed by atoms with Crippen LogP contribution in [0.3, 0.4) is 0 Å². The maximum Gasteiger partial charge on any atom is 0.147 e. The molecule has 1 saturated heterocycles. The summed E-state index contributed by atoms with van der Waals surface area (Å²) >= 11 is 0. The summed E-state index contributed by atoms with van der Waals surface area (Å²) in [6.45, 7) is 16.9. The lowest BCUT2D eigenvalue weighted by Crippen LogP contribution is -2.27. The number of nitrogens with one attached hydrogen (secondary N) is 1. The van der Waals surface area contributed by atoms with Crippen molar-refractivity contribution in [1.29, 1.82) is 0 Å². The summed E-state index contributed by atoms with van der Waals surface area (Å²) in [5.74, 6) is 1.60. The molecule has 3 rings (SSSR count). The molecule has 0 unspecified atom stereocenters. The average molecular weight is 402 g/mol. The molecule has 1 aliphatic heterocycles. The molecule has 6 nitrogen and oxygen atoms in total. The normalized spacial score (nSPS) is 13.8. The molecular formula is C23H39N5O. The van der Waals surface area contributed by atoms with Crippen LogP contribution in [-0.4, -0.2) is 47.6 Å². The van der Waals surface area contributed by atoms with Gasteiger partial charge >= 0.3 is 0 Å². The number of nitrogens with zero attached hydrogens (tertiary/aromatic N) is 4. The van der Waals surface area contributed by atoms with E-state index in [4.69, 9.17) is 4.74 Å². The standard InChI is InChI=1S/C16H23N5O.C5H10.C2H6/c1-3-22-16-11-14(20-9-4-7-17-8-10-20)5-6-15(16)21-12-18-13(2)19-21;1-3-5-4-2;1-2/h5-6,11-12,17H,3-4,7-10H2,1-2H3;3,5H,4H2,1-2H3;1-2H3/b;5-3-;. The van der Waals surface area contributed by atoms with Crippen LogP contribution in [0.1, 0.15) is 53.3 Å². The number of aryl methyl sites for hydroxylation is 1. The number of aromatic nitrogens is 3. The average Bonchev–Trinajstić information content (AvgIpc) is 3.00. The van der Waals surface area contributed by atoms with Crippen LogP contribution in [0.5, 0.6) is 5.75 Å². The molecule has 1 aliphatic rings. The molecule has 0 atom stereocenters. The maximum atomic E-state index is 5.83. The lowest BCUT2D eigenvalue weighted by Gasteiger charge is -2.23. The van der Waals surface area contributed by atoms with Crippen LogP contribution in [0.25, 0.3) is 5.69 Å². The molecule has 6 heteroatoms. The highest BCUT2D eigenvalue weighted by molar-refractivity contribution is 5.59. The fraction of sp³-hybridized carbons (Fsp3) is 0.565. The first kappa shape index (κ1) is 24.7. The van der Waals surface area contributed by atoms with E-state index in [1.54, 1.807) is 11.0 Å². The molecule has 2 heterocycles. The minimum absolute atomic E-state index is 0.631. The first-order valence-electron chi connectivity index (χ1n) is 10.9. The summed E-state index contributed by atoms with van der Waals surface area (Å²) in [6.07, 6.45) is 8.23. The van der Waals surface area contributed by atoms with Gasteiger partial charge in [0.05, 0.1) is 6.61 Å². The Hall–Kier alpha value is -2.34. The highest BCUT2D eigenvalue weighted by Gasteiger charge is 2.14. The largest absolute Gasteiger partial charge is 0.492 e. The Bertz CT molecular complexity index is 703. The second-order valence-corrected chi connectivity index (χ2v) is 6.39. The van der Waals surface area contributed by atoms with Gasteiger partial charge in [-0.2, -0.15) is 5.10 Å². The molecule has 0 saturated carbocycles. The number of ether oxygens (including phenoxy) is 1. The SMILES string of the molecule is C/C=C\CC.CC.CCOc1cc(N2CCCNCC2)ccc1-n1cnc(C)n1. The zero-order valence-corrected chi connectivity index (χ0v) is 19.1. The van der Waals surface area contributed by atoms with Crippen LogP contribution < -0.4 is 15.0 Å². The number of rotatable bonds is 5. The van der Waals surface area contributed by atoms with E-state index < -0.39 is 0 Å². The van der Waals surface area contributed by atoms with E-state index >= 15 is 0 Å². The first-order valence-corrected chi connectivity index (χ1v) is 10.9. The molecule has 0 bridgehead atoms. The molecule has 0 radical (unpaired) electrons. The van der Waals surface area contributed by atoms with Gasteiger partial charge in [0.2, 0.25) is 0 Å².